The summed E-state index contributed by atoms with van der Waals surface area (Å²) in [6, 6.07) is 5.64. The van der Waals surface area contributed by atoms with Crippen molar-refractivity contribution >= 4 is 22.7 Å². The van der Waals surface area contributed by atoms with Crippen LogP contribution in [0.15, 0.2) is 22.6 Å². The second kappa shape index (κ2) is 6.93. The fourth-order valence-corrected chi connectivity index (χ4v) is 3.06. The Kier molecular flexibility index (Phi) is 4.90. The van der Waals surface area contributed by atoms with Gasteiger partial charge in [0.05, 0.1) is 0 Å². The van der Waals surface area contributed by atoms with Gasteiger partial charge in [0.2, 0.25) is 11.8 Å². The van der Waals surface area contributed by atoms with Crippen molar-refractivity contribution in [2.24, 2.45) is 5.92 Å². The minimum Gasteiger partial charge on any atom is -0.440 e. The van der Waals surface area contributed by atoms with E-state index in [1.54, 1.807) is 0 Å². The van der Waals surface area contributed by atoms with Gasteiger partial charge in [-0.2, -0.15) is 0 Å². The highest BCUT2D eigenvalue weighted by atomic mass is 16.3. The Morgan fingerprint density at radius 3 is 2.79 bits per heavy atom. The van der Waals surface area contributed by atoms with E-state index < -0.39 is 0 Å². The van der Waals surface area contributed by atoms with Crippen LogP contribution in [-0.2, 0) is 10.2 Å². The Morgan fingerprint density at radius 2 is 2.08 bits per heavy atom. The molecule has 5 heteroatoms. The van der Waals surface area contributed by atoms with Crippen LogP contribution in [-0.4, -0.2) is 24.0 Å². The first-order chi connectivity index (χ1) is 11.4. The number of nitrogens with zero attached hydrogens (tertiary/aromatic N) is 1. The standard InChI is InChI=1S/C19H27N3O2/c1-19(2,3)18-22-15-12-14(5-6-16(15)24-18)21-17(23)7-4-13-8-10-20-11-9-13/h5-6,12-13,20H,4,7-11H2,1-3H3,(H,21,23). The van der Waals surface area contributed by atoms with E-state index in [1.807, 2.05) is 18.2 Å². The molecule has 130 valence electrons. The second-order valence-corrected chi connectivity index (χ2v) is 7.73. The van der Waals surface area contributed by atoms with Gasteiger partial charge in [-0.3, -0.25) is 4.79 Å². The summed E-state index contributed by atoms with van der Waals surface area (Å²) in [7, 11) is 0. The van der Waals surface area contributed by atoms with Gasteiger partial charge in [0.25, 0.3) is 0 Å². The van der Waals surface area contributed by atoms with Crippen LogP contribution >= 0.6 is 0 Å². The van der Waals surface area contributed by atoms with Crippen LogP contribution < -0.4 is 10.6 Å². The molecule has 1 aromatic heterocycles. The number of anilines is 1. The Labute approximate surface area is 143 Å². The number of carbonyl (C=O) groups excluding carboxylic acids is 1. The van der Waals surface area contributed by atoms with E-state index in [-0.39, 0.29) is 11.3 Å². The van der Waals surface area contributed by atoms with E-state index in [9.17, 15) is 4.79 Å². The van der Waals surface area contributed by atoms with Gasteiger partial charge in [-0.1, -0.05) is 20.8 Å². The van der Waals surface area contributed by atoms with Crippen LogP contribution in [0.1, 0.15) is 52.3 Å². The van der Waals surface area contributed by atoms with Crippen molar-refractivity contribution in [3.63, 3.8) is 0 Å². The molecule has 1 aliphatic heterocycles. The molecule has 1 fully saturated rings. The van der Waals surface area contributed by atoms with Crippen LogP contribution in [0.3, 0.4) is 0 Å². The van der Waals surface area contributed by atoms with Gasteiger partial charge < -0.3 is 15.1 Å². The van der Waals surface area contributed by atoms with Crippen molar-refractivity contribution in [1.82, 2.24) is 10.3 Å². The average Bonchev–Trinajstić information content (AvgIpc) is 2.97. The third-order valence-electron chi connectivity index (χ3n) is 4.55. The van der Waals surface area contributed by atoms with Crippen molar-refractivity contribution in [2.75, 3.05) is 18.4 Å². The zero-order chi connectivity index (χ0) is 17.2. The largest absolute Gasteiger partial charge is 0.440 e. The number of hydrogen-bond acceptors (Lipinski definition) is 4. The monoisotopic (exact) mass is 329 g/mol. The van der Waals surface area contributed by atoms with Crippen LogP contribution in [0, 0.1) is 5.92 Å². The number of rotatable bonds is 4. The quantitative estimate of drug-likeness (QED) is 0.894. The van der Waals surface area contributed by atoms with Gasteiger partial charge in [-0.25, -0.2) is 4.98 Å². The molecule has 2 heterocycles. The molecule has 1 amide bonds. The van der Waals surface area contributed by atoms with Crippen molar-refractivity contribution in [2.45, 2.75) is 51.9 Å². The molecule has 2 N–H and O–H groups in total. The third-order valence-corrected chi connectivity index (χ3v) is 4.55. The maximum Gasteiger partial charge on any atom is 0.224 e. The molecular formula is C19H27N3O2. The zero-order valence-electron chi connectivity index (χ0n) is 14.8. The summed E-state index contributed by atoms with van der Waals surface area (Å²) in [5.74, 6) is 1.46. The zero-order valence-corrected chi connectivity index (χ0v) is 14.8. The average molecular weight is 329 g/mol. The van der Waals surface area contributed by atoms with Gasteiger partial charge in [0.15, 0.2) is 5.58 Å². The molecular weight excluding hydrogens is 302 g/mol. The van der Waals surface area contributed by atoms with Crippen molar-refractivity contribution in [1.29, 1.82) is 0 Å². The number of amides is 1. The molecule has 1 aromatic carbocycles. The molecule has 5 nitrogen and oxygen atoms in total. The molecule has 24 heavy (non-hydrogen) atoms. The summed E-state index contributed by atoms with van der Waals surface area (Å²) in [6.45, 7) is 8.36. The fraction of sp³-hybridized carbons (Fsp3) is 0.579. The van der Waals surface area contributed by atoms with Gasteiger partial charge in [0, 0.05) is 17.5 Å². The molecule has 0 atom stereocenters. The molecule has 0 radical (unpaired) electrons. The lowest BCUT2D eigenvalue weighted by Crippen LogP contribution is -2.28. The minimum atomic E-state index is -0.128. The maximum atomic E-state index is 12.2. The number of oxazole rings is 1. The normalized spacial score (nSPS) is 16.5. The summed E-state index contributed by atoms with van der Waals surface area (Å²) >= 11 is 0. The first-order valence-corrected chi connectivity index (χ1v) is 8.83. The van der Waals surface area contributed by atoms with Crippen LogP contribution in [0.2, 0.25) is 0 Å². The fourth-order valence-electron chi connectivity index (χ4n) is 3.06. The summed E-state index contributed by atoms with van der Waals surface area (Å²) in [5, 5.41) is 6.34. The molecule has 0 spiro atoms. The predicted octanol–water partition coefficient (Wildman–Crippen LogP) is 3.84. The van der Waals surface area contributed by atoms with Crippen molar-refractivity contribution in [3.05, 3.63) is 24.1 Å². The Morgan fingerprint density at radius 1 is 1.33 bits per heavy atom. The number of hydrogen-bond donors (Lipinski definition) is 2. The lowest BCUT2D eigenvalue weighted by molar-refractivity contribution is -0.116. The first-order valence-electron chi connectivity index (χ1n) is 8.83. The number of benzene rings is 1. The minimum absolute atomic E-state index is 0.0763. The molecule has 0 saturated carbocycles. The SMILES string of the molecule is CC(C)(C)c1nc2cc(NC(=O)CCC3CCNCC3)ccc2o1. The summed E-state index contributed by atoms with van der Waals surface area (Å²) < 4.78 is 5.79. The highest BCUT2D eigenvalue weighted by molar-refractivity contribution is 5.92. The van der Waals surface area contributed by atoms with Crippen LogP contribution in [0.4, 0.5) is 5.69 Å². The third kappa shape index (κ3) is 4.15. The predicted molar refractivity (Wildman–Crippen MR) is 96.2 cm³/mol. The van der Waals surface area contributed by atoms with E-state index in [0.717, 1.165) is 36.3 Å². The van der Waals surface area contributed by atoms with E-state index in [0.29, 0.717) is 18.2 Å². The van der Waals surface area contributed by atoms with Gasteiger partial charge in [-0.05, 0) is 56.5 Å². The molecule has 2 aromatic rings. The molecule has 0 aliphatic carbocycles. The number of fused-ring (bicyclic) bond motifs is 1. The highest BCUT2D eigenvalue weighted by Crippen LogP contribution is 2.27. The molecule has 1 saturated heterocycles. The van der Waals surface area contributed by atoms with E-state index in [4.69, 9.17) is 4.42 Å². The number of carbonyl (C=O) groups is 1. The number of piperidine rings is 1. The van der Waals surface area contributed by atoms with Crippen LogP contribution in [0.25, 0.3) is 11.1 Å². The lowest BCUT2D eigenvalue weighted by atomic mass is 9.93. The molecule has 3 rings (SSSR count). The lowest BCUT2D eigenvalue weighted by Gasteiger charge is -2.22. The van der Waals surface area contributed by atoms with Crippen molar-refractivity contribution in [3.8, 4) is 0 Å². The second-order valence-electron chi connectivity index (χ2n) is 7.73. The Bertz CT molecular complexity index is 709. The summed E-state index contributed by atoms with van der Waals surface area (Å²) in [4.78, 5) is 16.7. The number of aromatic nitrogens is 1. The smallest absolute Gasteiger partial charge is 0.224 e. The summed E-state index contributed by atoms with van der Waals surface area (Å²) in [5.41, 5.74) is 2.20. The first kappa shape index (κ1) is 17.0. The number of nitrogens with one attached hydrogen (secondary N) is 2. The van der Waals surface area contributed by atoms with Gasteiger partial charge in [-0.15, -0.1) is 0 Å². The van der Waals surface area contributed by atoms with E-state index in [2.05, 4.69) is 36.4 Å². The molecule has 0 bridgehead atoms. The van der Waals surface area contributed by atoms with E-state index >= 15 is 0 Å². The highest BCUT2D eigenvalue weighted by Gasteiger charge is 2.21. The van der Waals surface area contributed by atoms with Gasteiger partial charge >= 0.3 is 0 Å². The summed E-state index contributed by atoms with van der Waals surface area (Å²) in [6.07, 6.45) is 3.89. The molecule has 1 aliphatic rings. The van der Waals surface area contributed by atoms with Crippen LogP contribution in [0.5, 0.6) is 0 Å². The van der Waals surface area contributed by atoms with Crippen molar-refractivity contribution < 1.29 is 9.21 Å². The Balaban J connectivity index is 1.61. The van der Waals surface area contributed by atoms with E-state index in [1.165, 1.54) is 12.8 Å². The topological polar surface area (TPSA) is 67.2 Å². The van der Waals surface area contributed by atoms with Gasteiger partial charge in [0.1, 0.15) is 5.52 Å². The maximum absolute atomic E-state index is 12.2. The molecule has 0 unspecified atom stereocenters. The Hall–Kier alpha value is -1.88.